The van der Waals surface area contributed by atoms with Gasteiger partial charge in [0.05, 0.1) is 12.0 Å². The van der Waals surface area contributed by atoms with Crippen LogP contribution in [-0.2, 0) is 0 Å². The van der Waals surface area contributed by atoms with Gasteiger partial charge >= 0.3 is 5.69 Å². The number of nitro benzene ring substituents is 1. The van der Waals surface area contributed by atoms with Crippen molar-refractivity contribution in [1.82, 2.24) is 10.2 Å². The number of carbonyl (C=O) groups excluding carboxylic acids is 1. The third-order valence-electron chi connectivity index (χ3n) is 4.30. The molecule has 7 heteroatoms. The molecule has 0 unspecified atom stereocenters. The van der Waals surface area contributed by atoms with Crippen LogP contribution < -0.4 is 10.1 Å². The summed E-state index contributed by atoms with van der Waals surface area (Å²) in [7, 11) is 1.37. The Balaban J connectivity index is 1.82. The fourth-order valence-corrected chi connectivity index (χ4v) is 3.17. The van der Waals surface area contributed by atoms with E-state index >= 15 is 0 Å². The number of fused-ring (bicyclic) bond motifs is 1. The van der Waals surface area contributed by atoms with Gasteiger partial charge in [0.1, 0.15) is 0 Å². The van der Waals surface area contributed by atoms with E-state index in [1.165, 1.54) is 19.2 Å². The number of benzene rings is 1. The first kappa shape index (κ1) is 13.8. The van der Waals surface area contributed by atoms with E-state index in [0.29, 0.717) is 17.4 Å². The zero-order chi connectivity index (χ0) is 15.0. The number of methoxy groups -OCH3 is 1. The van der Waals surface area contributed by atoms with E-state index in [9.17, 15) is 14.9 Å². The summed E-state index contributed by atoms with van der Waals surface area (Å²) >= 11 is 0. The second kappa shape index (κ2) is 5.33. The van der Waals surface area contributed by atoms with Crippen LogP contribution in [0.2, 0.25) is 0 Å². The highest BCUT2D eigenvalue weighted by atomic mass is 16.6. The predicted octanol–water partition coefficient (Wildman–Crippen LogP) is 0.895. The molecule has 0 aromatic heterocycles. The maximum atomic E-state index is 12.5. The Hall–Kier alpha value is -2.15. The van der Waals surface area contributed by atoms with Crippen LogP contribution in [0, 0.1) is 22.0 Å². The third-order valence-corrected chi connectivity index (χ3v) is 4.30. The summed E-state index contributed by atoms with van der Waals surface area (Å²) in [6.45, 7) is 3.32. The smallest absolute Gasteiger partial charge is 0.311 e. The van der Waals surface area contributed by atoms with Crippen molar-refractivity contribution in [2.45, 2.75) is 0 Å². The highest BCUT2D eigenvalue weighted by Gasteiger charge is 2.38. The van der Waals surface area contributed by atoms with Crippen LogP contribution in [0.1, 0.15) is 10.4 Å². The number of hydrogen-bond acceptors (Lipinski definition) is 5. The van der Waals surface area contributed by atoms with E-state index in [-0.39, 0.29) is 17.3 Å². The Kier molecular flexibility index (Phi) is 3.50. The standard InChI is InChI=1S/C14H17N3O4/c1-21-13-3-2-9(4-12(13)17(19)20)14(18)16-7-10-5-15-6-11(10)8-16/h2-4,10-11,15H,5-8H2,1H3/t10-,11+. The molecule has 1 aromatic rings. The molecule has 0 aliphatic carbocycles. The second-order valence-corrected chi connectivity index (χ2v) is 5.53. The van der Waals surface area contributed by atoms with E-state index in [1.54, 1.807) is 11.0 Å². The van der Waals surface area contributed by atoms with Crippen LogP contribution in [0.25, 0.3) is 0 Å². The number of amides is 1. The summed E-state index contributed by atoms with van der Waals surface area (Å²) < 4.78 is 4.95. The van der Waals surface area contributed by atoms with Crippen molar-refractivity contribution >= 4 is 11.6 Å². The molecule has 2 aliphatic heterocycles. The van der Waals surface area contributed by atoms with Crippen molar-refractivity contribution in [1.29, 1.82) is 0 Å². The number of likely N-dealkylation sites (tertiary alicyclic amines) is 1. The van der Waals surface area contributed by atoms with Crippen molar-refractivity contribution in [3.05, 3.63) is 33.9 Å². The monoisotopic (exact) mass is 291 g/mol. The fraction of sp³-hybridized carbons (Fsp3) is 0.500. The van der Waals surface area contributed by atoms with Crippen molar-refractivity contribution in [3.8, 4) is 5.75 Å². The number of nitrogens with one attached hydrogen (secondary N) is 1. The molecule has 112 valence electrons. The van der Waals surface area contributed by atoms with Crippen LogP contribution >= 0.6 is 0 Å². The van der Waals surface area contributed by atoms with Gasteiger partial charge in [-0.25, -0.2) is 0 Å². The van der Waals surface area contributed by atoms with Crippen LogP contribution in [0.15, 0.2) is 18.2 Å². The molecule has 2 fully saturated rings. The zero-order valence-corrected chi connectivity index (χ0v) is 11.7. The van der Waals surface area contributed by atoms with Crippen molar-refractivity contribution in [2.75, 3.05) is 33.3 Å². The van der Waals surface area contributed by atoms with Crippen LogP contribution in [0.5, 0.6) is 5.75 Å². The maximum Gasteiger partial charge on any atom is 0.311 e. The molecule has 2 aliphatic rings. The number of ether oxygens (including phenoxy) is 1. The molecule has 2 saturated heterocycles. The largest absolute Gasteiger partial charge is 0.490 e. The predicted molar refractivity (Wildman–Crippen MR) is 75.4 cm³/mol. The Bertz CT molecular complexity index is 578. The van der Waals surface area contributed by atoms with Gasteiger partial charge in [-0.05, 0) is 24.0 Å². The first-order valence-corrected chi connectivity index (χ1v) is 6.92. The van der Waals surface area contributed by atoms with Gasteiger partial charge in [-0.3, -0.25) is 14.9 Å². The average molecular weight is 291 g/mol. The summed E-state index contributed by atoms with van der Waals surface area (Å²) in [6.07, 6.45) is 0. The number of nitrogens with zero attached hydrogens (tertiary/aromatic N) is 2. The van der Waals surface area contributed by atoms with Crippen LogP contribution in [0.4, 0.5) is 5.69 Å². The lowest BCUT2D eigenvalue weighted by Crippen LogP contribution is -2.31. The molecule has 0 bridgehead atoms. The Morgan fingerprint density at radius 1 is 1.38 bits per heavy atom. The summed E-state index contributed by atoms with van der Waals surface area (Å²) in [5.74, 6) is 1.03. The minimum absolute atomic E-state index is 0.143. The van der Waals surface area contributed by atoms with E-state index in [4.69, 9.17) is 4.74 Å². The molecule has 1 amide bonds. The van der Waals surface area contributed by atoms with E-state index in [1.807, 2.05) is 0 Å². The second-order valence-electron chi connectivity index (χ2n) is 5.53. The van der Waals surface area contributed by atoms with Gasteiger partial charge in [0.25, 0.3) is 5.91 Å². The highest BCUT2D eigenvalue weighted by Crippen LogP contribution is 2.31. The minimum atomic E-state index is -0.530. The number of carbonyl (C=O) groups is 1. The first-order valence-electron chi connectivity index (χ1n) is 6.92. The maximum absolute atomic E-state index is 12.5. The summed E-state index contributed by atoms with van der Waals surface area (Å²) in [5.41, 5.74) is 0.167. The summed E-state index contributed by atoms with van der Waals surface area (Å²) in [6, 6.07) is 4.36. The average Bonchev–Trinajstić information content (AvgIpc) is 3.06. The highest BCUT2D eigenvalue weighted by molar-refractivity contribution is 5.95. The molecule has 7 nitrogen and oxygen atoms in total. The molecule has 0 saturated carbocycles. The Morgan fingerprint density at radius 3 is 2.62 bits per heavy atom. The zero-order valence-electron chi connectivity index (χ0n) is 11.7. The fourth-order valence-electron chi connectivity index (χ4n) is 3.17. The van der Waals surface area contributed by atoms with Gasteiger partial charge in [-0.2, -0.15) is 0 Å². The van der Waals surface area contributed by atoms with Crippen LogP contribution in [-0.4, -0.2) is 49.0 Å². The van der Waals surface area contributed by atoms with Crippen molar-refractivity contribution < 1.29 is 14.5 Å². The molecule has 1 aromatic carbocycles. The van der Waals surface area contributed by atoms with E-state index in [2.05, 4.69) is 5.32 Å². The van der Waals surface area contributed by atoms with E-state index in [0.717, 1.165) is 26.2 Å². The lowest BCUT2D eigenvalue weighted by Gasteiger charge is -2.17. The molecular formula is C14H17N3O4. The van der Waals surface area contributed by atoms with E-state index < -0.39 is 4.92 Å². The molecule has 21 heavy (non-hydrogen) atoms. The summed E-state index contributed by atoms with van der Waals surface area (Å²) in [5, 5.41) is 14.3. The molecule has 2 heterocycles. The Morgan fingerprint density at radius 2 is 2.05 bits per heavy atom. The lowest BCUT2D eigenvalue weighted by atomic mass is 10.0. The normalized spacial score (nSPS) is 24.0. The molecule has 0 radical (unpaired) electrons. The van der Waals surface area contributed by atoms with Crippen LogP contribution in [0.3, 0.4) is 0 Å². The molecule has 3 rings (SSSR count). The van der Waals surface area contributed by atoms with Gasteiger partial charge in [0, 0.05) is 37.8 Å². The molecule has 1 N–H and O–H groups in total. The van der Waals surface area contributed by atoms with Gasteiger partial charge in [-0.1, -0.05) is 0 Å². The molecular weight excluding hydrogens is 274 g/mol. The quantitative estimate of drug-likeness (QED) is 0.660. The van der Waals surface area contributed by atoms with Gasteiger partial charge < -0.3 is 15.0 Å². The molecule has 0 spiro atoms. The molecule has 2 atom stereocenters. The van der Waals surface area contributed by atoms with Gasteiger partial charge in [0.2, 0.25) is 0 Å². The van der Waals surface area contributed by atoms with Gasteiger partial charge in [-0.15, -0.1) is 0 Å². The van der Waals surface area contributed by atoms with Crippen molar-refractivity contribution in [2.24, 2.45) is 11.8 Å². The lowest BCUT2D eigenvalue weighted by molar-refractivity contribution is -0.385. The SMILES string of the molecule is COc1ccc(C(=O)N2C[C@H]3CNC[C@H]3C2)cc1[N+](=O)[O-]. The van der Waals surface area contributed by atoms with Gasteiger partial charge in [0.15, 0.2) is 5.75 Å². The topological polar surface area (TPSA) is 84.7 Å². The number of hydrogen-bond donors (Lipinski definition) is 1. The Labute approximate surface area is 122 Å². The minimum Gasteiger partial charge on any atom is -0.490 e. The third kappa shape index (κ3) is 2.44. The van der Waals surface area contributed by atoms with Crippen molar-refractivity contribution in [3.63, 3.8) is 0 Å². The number of nitro groups is 1. The number of rotatable bonds is 3. The first-order chi connectivity index (χ1) is 10.1. The summed E-state index contributed by atoms with van der Waals surface area (Å²) in [4.78, 5) is 24.8.